The second-order valence-electron chi connectivity index (χ2n) is 16.9. The quantitative estimate of drug-likeness (QED) is 0.120. The first-order valence-corrected chi connectivity index (χ1v) is 21.5. The number of nitrogens with one attached hydrogen (secondary N) is 1. The van der Waals surface area contributed by atoms with Crippen molar-refractivity contribution in [2.75, 3.05) is 38.0 Å². The van der Waals surface area contributed by atoms with Gasteiger partial charge in [-0.1, -0.05) is 41.9 Å². The van der Waals surface area contributed by atoms with Gasteiger partial charge in [0.05, 0.1) is 43.3 Å². The molecular weight excluding hydrogens is 755 g/mol. The highest BCUT2D eigenvalue weighted by Crippen LogP contribution is 2.48. The maximum atomic E-state index is 13.6. The lowest BCUT2D eigenvalue weighted by atomic mass is 9.64. The molecule has 13 heteroatoms. The summed E-state index contributed by atoms with van der Waals surface area (Å²) in [5.41, 5.74) is 5.00. The number of hydrogen-bond acceptors (Lipinski definition) is 12. The van der Waals surface area contributed by atoms with Crippen molar-refractivity contribution >= 4 is 28.5 Å². The Bertz CT molecular complexity index is 2410. The first-order valence-electron chi connectivity index (χ1n) is 21.5. The van der Waals surface area contributed by atoms with E-state index in [9.17, 15) is 4.79 Å². The van der Waals surface area contributed by atoms with Crippen molar-refractivity contribution in [2.45, 2.75) is 108 Å². The SMILES string of the molecule is COc1ccc(CN(Cc2ccc(OC)cc2)c2ncccc2[C@@H](C)Nc2nc(-c3noc4c3CCC[C@@]43CCCCC3=O)nc3c2cnn3[C@@H](C)[C@@H]2CCCN2C)cc1. The molecule has 1 aliphatic heterocycles. The highest BCUT2D eigenvalue weighted by Gasteiger charge is 2.48. The smallest absolute Gasteiger partial charge is 0.186 e. The number of hydrogen-bond donors (Lipinski definition) is 1. The van der Waals surface area contributed by atoms with Gasteiger partial charge in [-0.15, -0.1) is 0 Å². The maximum Gasteiger partial charge on any atom is 0.186 e. The van der Waals surface area contributed by atoms with Gasteiger partial charge in [0.2, 0.25) is 0 Å². The zero-order valence-corrected chi connectivity index (χ0v) is 35.4. The van der Waals surface area contributed by atoms with Gasteiger partial charge in [0, 0.05) is 42.9 Å². The van der Waals surface area contributed by atoms with Crippen molar-refractivity contribution in [3.63, 3.8) is 0 Å². The Morgan fingerprint density at radius 2 is 1.63 bits per heavy atom. The molecule has 4 aromatic heterocycles. The summed E-state index contributed by atoms with van der Waals surface area (Å²) in [4.78, 5) is 33.8. The molecule has 1 saturated carbocycles. The fourth-order valence-electron chi connectivity index (χ4n) is 9.92. The number of benzene rings is 2. The predicted octanol–water partition coefficient (Wildman–Crippen LogP) is 8.65. The minimum absolute atomic E-state index is 0.0757. The Kier molecular flexibility index (Phi) is 11.0. The van der Waals surface area contributed by atoms with Crippen LogP contribution in [-0.2, 0) is 29.7 Å². The van der Waals surface area contributed by atoms with E-state index < -0.39 is 5.41 Å². The van der Waals surface area contributed by atoms with Gasteiger partial charge in [-0.05, 0) is 114 Å². The molecule has 2 fully saturated rings. The molecular formula is C47H55N9O4. The number of carbonyl (C=O) groups excluding carboxylic acids is 1. The summed E-state index contributed by atoms with van der Waals surface area (Å²) in [6, 6.07) is 20.7. The van der Waals surface area contributed by atoms with E-state index >= 15 is 0 Å². The first kappa shape index (κ1) is 39.6. The van der Waals surface area contributed by atoms with Gasteiger partial charge in [0.15, 0.2) is 22.9 Å². The van der Waals surface area contributed by atoms with E-state index in [1.807, 2.05) is 42.7 Å². The Hall–Kier alpha value is -5.82. The Morgan fingerprint density at radius 1 is 0.917 bits per heavy atom. The minimum atomic E-state index is -0.597. The summed E-state index contributed by atoms with van der Waals surface area (Å²) in [7, 11) is 5.56. The van der Waals surface area contributed by atoms with Crippen LogP contribution in [0.25, 0.3) is 22.6 Å². The number of likely N-dealkylation sites (N-methyl/N-ethyl adjacent to an activating group) is 1. The molecule has 6 aromatic rings. The fraction of sp³-hybridized carbons (Fsp3) is 0.447. The lowest BCUT2D eigenvalue weighted by Crippen LogP contribution is -2.41. The highest BCUT2D eigenvalue weighted by atomic mass is 16.5. The van der Waals surface area contributed by atoms with E-state index in [4.69, 9.17) is 34.0 Å². The molecule has 0 unspecified atom stereocenters. The maximum absolute atomic E-state index is 13.6. The lowest BCUT2D eigenvalue weighted by Gasteiger charge is -2.36. The summed E-state index contributed by atoms with van der Waals surface area (Å²) in [6.07, 6.45) is 11.8. The molecule has 0 bridgehead atoms. The zero-order chi connectivity index (χ0) is 41.4. The molecule has 60 heavy (non-hydrogen) atoms. The lowest BCUT2D eigenvalue weighted by molar-refractivity contribution is -0.128. The number of aromatic nitrogens is 6. The van der Waals surface area contributed by atoms with Crippen LogP contribution in [0, 0.1) is 0 Å². The third-order valence-electron chi connectivity index (χ3n) is 13.2. The normalized spacial score (nSPS) is 20.3. The minimum Gasteiger partial charge on any atom is -0.497 e. The molecule has 13 nitrogen and oxygen atoms in total. The topological polar surface area (TPSA) is 137 Å². The van der Waals surface area contributed by atoms with E-state index in [1.165, 1.54) is 0 Å². The van der Waals surface area contributed by atoms with Crippen molar-refractivity contribution in [3.05, 3.63) is 101 Å². The summed E-state index contributed by atoms with van der Waals surface area (Å²) in [5, 5.41) is 14.3. The molecule has 2 aliphatic carbocycles. The molecule has 5 heterocycles. The Labute approximate surface area is 351 Å². The van der Waals surface area contributed by atoms with Gasteiger partial charge in [-0.2, -0.15) is 5.10 Å². The monoisotopic (exact) mass is 809 g/mol. The fourth-order valence-corrected chi connectivity index (χ4v) is 9.92. The van der Waals surface area contributed by atoms with Crippen molar-refractivity contribution in [1.82, 2.24) is 34.8 Å². The number of carbonyl (C=O) groups is 1. The molecule has 0 amide bonds. The number of anilines is 2. The molecule has 1 N–H and O–H groups in total. The standard InChI is InChI=1S/C47H55N9O4/c1-30(36-12-9-25-48-45(36)55(28-32-15-19-34(58-4)20-16-32)29-33-17-21-35(59-5)22-18-33)50-43-38-27-49-56(31(2)39-13-10-26-54(39)3)46(38)52-44(51-43)41-37-11-8-24-47(42(37)60-53-41)23-7-6-14-40(47)57/h9,12,15-22,25,27,30-31,39H,6-8,10-11,13-14,23-24,26,28-29H2,1-5H3,(H,50,51,52)/t30-,31+,39+,47-/m1/s1. The van der Waals surface area contributed by atoms with Gasteiger partial charge in [0.25, 0.3) is 0 Å². The summed E-state index contributed by atoms with van der Waals surface area (Å²) in [6.45, 7) is 6.68. The number of Topliss-reactive ketones (excluding diaryl/α,β-unsaturated/α-hetero) is 1. The van der Waals surface area contributed by atoms with E-state index in [2.05, 4.69) is 76.2 Å². The second-order valence-corrected chi connectivity index (χ2v) is 16.9. The van der Waals surface area contributed by atoms with Gasteiger partial charge < -0.3 is 29.1 Å². The van der Waals surface area contributed by atoms with Crippen LogP contribution in [0.2, 0.25) is 0 Å². The summed E-state index contributed by atoms with van der Waals surface area (Å²) < 4.78 is 19.2. The largest absolute Gasteiger partial charge is 0.497 e. The van der Waals surface area contributed by atoms with Gasteiger partial charge in [0.1, 0.15) is 28.9 Å². The van der Waals surface area contributed by atoms with Crippen LogP contribution < -0.4 is 19.7 Å². The molecule has 1 saturated heterocycles. The number of pyridine rings is 1. The van der Waals surface area contributed by atoms with Crippen LogP contribution in [0.3, 0.4) is 0 Å². The molecule has 1 spiro atoms. The Balaban J connectivity index is 1.11. The zero-order valence-electron chi connectivity index (χ0n) is 35.4. The van der Waals surface area contributed by atoms with Crippen molar-refractivity contribution < 1.29 is 18.8 Å². The number of likely N-dealkylation sites (tertiary alicyclic amines) is 1. The third-order valence-corrected chi connectivity index (χ3v) is 13.2. The van der Waals surface area contributed by atoms with Crippen LogP contribution >= 0.6 is 0 Å². The average Bonchev–Trinajstić information content (AvgIpc) is 4.04. The molecule has 312 valence electrons. The van der Waals surface area contributed by atoms with Crippen molar-refractivity contribution in [2.24, 2.45) is 0 Å². The van der Waals surface area contributed by atoms with E-state index in [-0.39, 0.29) is 17.9 Å². The number of methoxy groups -OCH3 is 2. The van der Waals surface area contributed by atoms with Crippen LogP contribution in [0.15, 0.2) is 77.6 Å². The predicted molar refractivity (Wildman–Crippen MR) is 231 cm³/mol. The van der Waals surface area contributed by atoms with Crippen LogP contribution in [-0.4, -0.2) is 74.4 Å². The summed E-state index contributed by atoms with van der Waals surface area (Å²) >= 11 is 0. The average molecular weight is 810 g/mol. The van der Waals surface area contributed by atoms with Crippen LogP contribution in [0.1, 0.15) is 105 Å². The van der Waals surface area contributed by atoms with Gasteiger partial charge >= 0.3 is 0 Å². The van der Waals surface area contributed by atoms with Crippen molar-refractivity contribution in [3.8, 4) is 23.0 Å². The van der Waals surface area contributed by atoms with E-state index in [0.717, 1.165) is 114 Å². The number of nitrogens with zero attached hydrogens (tertiary/aromatic N) is 8. The molecule has 2 aromatic carbocycles. The highest BCUT2D eigenvalue weighted by molar-refractivity contribution is 5.92. The first-order chi connectivity index (χ1) is 29.3. The molecule has 0 radical (unpaired) electrons. The number of fused-ring (bicyclic) bond motifs is 3. The van der Waals surface area contributed by atoms with E-state index in [1.54, 1.807) is 14.2 Å². The molecule has 9 rings (SSSR count). The Morgan fingerprint density at radius 3 is 2.30 bits per heavy atom. The molecule has 4 atom stereocenters. The van der Waals surface area contributed by atoms with Crippen LogP contribution in [0.5, 0.6) is 11.5 Å². The number of ketones is 1. The van der Waals surface area contributed by atoms with Crippen molar-refractivity contribution in [1.29, 1.82) is 0 Å². The number of ether oxygens (including phenoxy) is 2. The summed E-state index contributed by atoms with van der Waals surface area (Å²) in [5.74, 6) is 4.62. The van der Waals surface area contributed by atoms with Gasteiger partial charge in [-0.3, -0.25) is 4.79 Å². The third kappa shape index (κ3) is 7.37. The number of rotatable bonds is 13. The van der Waals surface area contributed by atoms with Crippen LogP contribution in [0.4, 0.5) is 11.6 Å². The molecule has 3 aliphatic rings. The second kappa shape index (κ2) is 16.7. The van der Waals surface area contributed by atoms with E-state index in [0.29, 0.717) is 42.9 Å². The van der Waals surface area contributed by atoms with Gasteiger partial charge in [-0.25, -0.2) is 19.6 Å².